The predicted molar refractivity (Wildman–Crippen MR) is 184 cm³/mol. The van der Waals surface area contributed by atoms with Crippen LogP contribution in [0.25, 0.3) is 23.0 Å². The molecular formula is C37H47N5O2. The minimum absolute atomic E-state index is 0.00796. The topological polar surface area (TPSA) is 85.2 Å². The van der Waals surface area contributed by atoms with Crippen LogP contribution in [-0.2, 0) is 11.8 Å². The maximum absolute atomic E-state index is 12.5. The Morgan fingerprint density at radius 3 is 2.59 bits per heavy atom. The van der Waals surface area contributed by atoms with Crippen LogP contribution in [0.3, 0.4) is 0 Å². The number of hydrogen-bond acceptors (Lipinski definition) is 6. The second-order valence-electron chi connectivity index (χ2n) is 11.8. The average Bonchev–Trinajstić information content (AvgIpc) is 3.03. The Balaban J connectivity index is 2.04. The molecule has 1 unspecified atom stereocenters. The van der Waals surface area contributed by atoms with Crippen molar-refractivity contribution in [2.24, 2.45) is 28.7 Å². The van der Waals surface area contributed by atoms with E-state index < -0.39 is 0 Å². The molecule has 232 valence electrons. The summed E-state index contributed by atoms with van der Waals surface area (Å²) >= 11 is 0. The number of ether oxygens (including phenoxy) is 1. The van der Waals surface area contributed by atoms with Crippen molar-refractivity contribution in [2.75, 3.05) is 26.3 Å². The van der Waals surface area contributed by atoms with Crippen molar-refractivity contribution in [1.29, 1.82) is 0 Å². The van der Waals surface area contributed by atoms with Crippen LogP contribution in [0.4, 0.5) is 0 Å². The fraction of sp³-hybridized carbons (Fsp3) is 0.378. The van der Waals surface area contributed by atoms with Gasteiger partial charge >= 0.3 is 0 Å². The third-order valence-corrected chi connectivity index (χ3v) is 7.80. The molecule has 2 aromatic carbocycles. The first-order valence-electron chi connectivity index (χ1n) is 15.6. The third-order valence-electron chi connectivity index (χ3n) is 7.80. The van der Waals surface area contributed by atoms with Crippen LogP contribution >= 0.6 is 0 Å². The van der Waals surface area contributed by atoms with Gasteiger partial charge in [0.05, 0.1) is 19.3 Å². The molecule has 2 N–H and O–H groups in total. The Hall–Kier alpha value is -4.23. The highest BCUT2D eigenvalue weighted by Crippen LogP contribution is 2.29. The lowest BCUT2D eigenvalue weighted by Crippen LogP contribution is -2.42. The lowest BCUT2D eigenvalue weighted by atomic mass is 10.0. The number of morpholine rings is 1. The Labute approximate surface area is 261 Å². The first-order chi connectivity index (χ1) is 21.2. The van der Waals surface area contributed by atoms with Gasteiger partial charge in [0.15, 0.2) is 0 Å². The molecule has 1 saturated heterocycles. The van der Waals surface area contributed by atoms with E-state index in [-0.39, 0.29) is 11.6 Å². The smallest absolute Gasteiger partial charge is 0.253 e. The van der Waals surface area contributed by atoms with Crippen LogP contribution in [0.1, 0.15) is 57.7 Å². The van der Waals surface area contributed by atoms with Gasteiger partial charge in [-0.1, -0.05) is 75.7 Å². The zero-order valence-electron chi connectivity index (χ0n) is 27.1. The molecule has 7 heteroatoms. The van der Waals surface area contributed by atoms with Gasteiger partial charge in [-0.3, -0.25) is 9.79 Å². The Morgan fingerprint density at radius 1 is 1.14 bits per heavy atom. The zero-order chi connectivity index (χ0) is 31.6. The highest BCUT2D eigenvalue weighted by Gasteiger charge is 2.27. The molecule has 0 amide bonds. The van der Waals surface area contributed by atoms with Crippen LogP contribution in [0, 0.1) is 12.8 Å². The molecular weight excluding hydrogens is 546 g/mol. The number of aromatic nitrogens is 1. The van der Waals surface area contributed by atoms with Crippen molar-refractivity contribution in [3.63, 3.8) is 0 Å². The van der Waals surface area contributed by atoms with Gasteiger partial charge in [0.1, 0.15) is 5.82 Å². The van der Waals surface area contributed by atoms with E-state index in [1.54, 1.807) is 17.8 Å². The van der Waals surface area contributed by atoms with Gasteiger partial charge < -0.3 is 19.9 Å². The number of nitrogens with two attached hydrogens (primary N) is 1. The summed E-state index contributed by atoms with van der Waals surface area (Å²) < 4.78 is 7.68. The molecule has 1 aromatic heterocycles. The quantitative estimate of drug-likeness (QED) is 0.331. The monoisotopic (exact) mass is 593 g/mol. The maximum atomic E-state index is 12.5. The van der Waals surface area contributed by atoms with Crippen LogP contribution in [0.15, 0.2) is 87.3 Å². The van der Waals surface area contributed by atoms with Crippen molar-refractivity contribution in [3.05, 3.63) is 104 Å². The number of benzene rings is 2. The van der Waals surface area contributed by atoms with E-state index in [0.29, 0.717) is 31.2 Å². The molecule has 3 aromatic rings. The van der Waals surface area contributed by atoms with E-state index in [0.717, 1.165) is 58.1 Å². The summed E-state index contributed by atoms with van der Waals surface area (Å²) in [5.41, 5.74) is 11.6. The number of aryl methyl sites for hydroxylation is 2. The summed E-state index contributed by atoms with van der Waals surface area (Å²) in [6.07, 6.45) is 9.59. The van der Waals surface area contributed by atoms with Gasteiger partial charge in [0.2, 0.25) is 0 Å². The first-order valence-corrected chi connectivity index (χ1v) is 15.6. The molecule has 0 radical (unpaired) electrons. The minimum atomic E-state index is -0.0149. The molecule has 1 aliphatic heterocycles. The number of unbranched alkanes of at least 4 members (excludes halogenated alkanes) is 1. The van der Waals surface area contributed by atoms with Gasteiger partial charge in [-0.2, -0.15) is 0 Å². The molecule has 2 heterocycles. The van der Waals surface area contributed by atoms with Crippen molar-refractivity contribution in [3.8, 4) is 11.1 Å². The molecule has 0 spiro atoms. The molecule has 4 rings (SSSR count). The summed E-state index contributed by atoms with van der Waals surface area (Å²) in [7, 11) is 1.80. The third kappa shape index (κ3) is 8.03. The largest absolute Gasteiger partial charge is 0.404 e. The lowest BCUT2D eigenvalue weighted by Gasteiger charge is -2.38. The number of rotatable bonds is 10. The van der Waals surface area contributed by atoms with E-state index in [2.05, 4.69) is 79.2 Å². The molecule has 0 aliphatic carbocycles. The molecule has 1 aliphatic rings. The molecule has 0 bridgehead atoms. The number of pyridine rings is 1. The average molecular weight is 594 g/mol. The SMILES string of the molecule is CCC\C=c1/ccc(-c2cc(C)c(=O)n(C)c2)c/c1=C(/N=C(C)/C(C=NCC(C)C)=C/N)N1CCOCC1c1ccccc1. The van der Waals surface area contributed by atoms with Gasteiger partial charge in [-0.25, -0.2) is 4.99 Å². The van der Waals surface area contributed by atoms with Crippen molar-refractivity contribution in [2.45, 2.75) is 53.5 Å². The lowest BCUT2D eigenvalue weighted by molar-refractivity contribution is 0.0195. The number of nitrogens with zero attached hydrogens (tertiary/aromatic N) is 4. The van der Waals surface area contributed by atoms with Gasteiger partial charge in [0.25, 0.3) is 5.56 Å². The van der Waals surface area contributed by atoms with Crippen molar-refractivity contribution >= 4 is 23.8 Å². The maximum Gasteiger partial charge on any atom is 0.253 e. The molecule has 1 fully saturated rings. The van der Waals surface area contributed by atoms with Crippen LogP contribution in [0.2, 0.25) is 0 Å². The normalized spacial score (nSPS) is 17.6. The van der Waals surface area contributed by atoms with Gasteiger partial charge in [-0.15, -0.1) is 0 Å². The number of aliphatic imine (C=N–C) groups is 2. The van der Waals surface area contributed by atoms with E-state index >= 15 is 0 Å². The van der Waals surface area contributed by atoms with Crippen molar-refractivity contribution in [1.82, 2.24) is 9.47 Å². The molecule has 1 atom stereocenters. The van der Waals surface area contributed by atoms with Crippen LogP contribution < -0.4 is 21.7 Å². The Kier molecular flexibility index (Phi) is 11.5. The zero-order valence-corrected chi connectivity index (χ0v) is 27.1. The summed E-state index contributed by atoms with van der Waals surface area (Å²) in [5.74, 6) is 1.31. The first kappa shape index (κ1) is 32.7. The van der Waals surface area contributed by atoms with Gasteiger partial charge in [0, 0.05) is 60.8 Å². The second-order valence-corrected chi connectivity index (χ2v) is 11.8. The number of allylic oxidation sites excluding steroid dienone is 1. The summed E-state index contributed by atoms with van der Waals surface area (Å²) in [5, 5.41) is 2.15. The van der Waals surface area contributed by atoms with Crippen LogP contribution in [-0.4, -0.2) is 47.7 Å². The van der Waals surface area contributed by atoms with E-state index in [1.807, 2.05) is 38.4 Å². The predicted octanol–water partition coefficient (Wildman–Crippen LogP) is 5.11. The summed E-state index contributed by atoms with van der Waals surface area (Å²) in [4.78, 5) is 24.8. The fourth-order valence-electron chi connectivity index (χ4n) is 5.37. The minimum Gasteiger partial charge on any atom is -0.404 e. The highest BCUT2D eigenvalue weighted by atomic mass is 16.5. The Bertz CT molecular complexity index is 1670. The summed E-state index contributed by atoms with van der Waals surface area (Å²) in [6.45, 7) is 12.9. The molecule has 0 saturated carbocycles. The van der Waals surface area contributed by atoms with Crippen LogP contribution in [0.5, 0.6) is 0 Å². The van der Waals surface area contributed by atoms with E-state index in [1.165, 1.54) is 5.56 Å². The Morgan fingerprint density at radius 2 is 1.91 bits per heavy atom. The standard InChI is InChI=1S/C37H47N5O2/c1-7-8-12-29-15-16-31(32-19-27(4)37(43)41(6)24-32)20-34(29)36(40-28(5)33(21-38)23-39-22-26(2)3)42-17-18-44-25-35(42)30-13-10-9-11-14-30/h9-16,19-21,23-24,26,35H,7-8,17-18,22,25,38H2,1-6H3/b29-12+,33-21+,36-34+,39-23?,40-28+. The summed E-state index contributed by atoms with van der Waals surface area (Å²) in [6, 6.07) is 18.9. The highest BCUT2D eigenvalue weighted by molar-refractivity contribution is 6.15. The van der Waals surface area contributed by atoms with Crippen molar-refractivity contribution < 1.29 is 4.74 Å². The van der Waals surface area contributed by atoms with E-state index in [4.69, 9.17) is 15.5 Å². The van der Waals surface area contributed by atoms with E-state index in [9.17, 15) is 4.79 Å². The molecule has 7 nitrogen and oxygen atoms in total. The molecule has 44 heavy (non-hydrogen) atoms. The second kappa shape index (κ2) is 15.5. The fourth-order valence-corrected chi connectivity index (χ4v) is 5.37. The van der Waals surface area contributed by atoms with Gasteiger partial charge in [-0.05, 0) is 60.2 Å². The number of hydrogen-bond donors (Lipinski definition) is 1.